The molecular formula is C21H23NO4. The highest BCUT2D eigenvalue weighted by molar-refractivity contribution is 5.72. The molecule has 3 atom stereocenters. The van der Waals surface area contributed by atoms with Gasteiger partial charge in [0.15, 0.2) is 11.5 Å². The molecule has 4 rings (SSSR count). The van der Waals surface area contributed by atoms with Gasteiger partial charge < -0.3 is 24.6 Å². The Morgan fingerprint density at radius 3 is 2.42 bits per heavy atom. The molecule has 1 aliphatic carbocycles. The Kier molecular flexibility index (Phi) is 4.15. The fourth-order valence-electron chi connectivity index (χ4n) is 4.26. The number of para-hydroxylation sites is 1. The third kappa shape index (κ3) is 2.38. The van der Waals surface area contributed by atoms with Crippen molar-refractivity contribution in [3.63, 3.8) is 0 Å². The molecule has 5 heteroatoms. The van der Waals surface area contributed by atoms with Crippen LogP contribution in [-0.4, -0.2) is 26.4 Å². The lowest BCUT2D eigenvalue weighted by Gasteiger charge is -2.39. The second kappa shape index (κ2) is 6.48. The Morgan fingerprint density at radius 2 is 1.69 bits per heavy atom. The van der Waals surface area contributed by atoms with Crippen LogP contribution in [0.2, 0.25) is 0 Å². The summed E-state index contributed by atoms with van der Waals surface area (Å²) in [5.74, 6) is 2.77. The van der Waals surface area contributed by atoms with E-state index in [2.05, 4.69) is 17.5 Å². The lowest BCUT2D eigenvalue weighted by atomic mass is 9.76. The molecule has 136 valence electrons. The zero-order chi connectivity index (χ0) is 18.3. The van der Waals surface area contributed by atoms with Crippen LogP contribution in [0.5, 0.6) is 23.0 Å². The second-order valence-electron chi connectivity index (χ2n) is 6.63. The molecule has 0 amide bonds. The Morgan fingerprint density at radius 1 is 0.962 bits per heavy atom. The van der Waals surface area contributed by atoms with E-state index in [0.29, 0.717) is 5.75 Å². The number of ether oxygens (including phenoxy) is 3. The lowest BCUT2D eigenvalue weighted by molar-refractivity contribution is 0.351. The van der Waals surface area contributed by atoms with Crippen LogP contribution < -0.4 is 19.5 Å². The van der Waals surface area contributed by atoms with Crippen LogP contribution in [0.3, 0.4) is 0 Å². The Bertz CT molecular complexity index is 861. The number of allylic oxidation sites excluding steroid dienone is 2. The van der Waals surface area contributed by atoms with E-state index in [0.717, 1.165) is 34.7 Å². The zero-order valence-electron chi connectivity index (χ0n) is 15.2. The average molecular weight is 353 g/mol. The van der Waals surface area contributed by atoms with Crippen molar-refractivity contribution in [2.75, 3.05) is 26.6 Å². The molecule has 1 aliphatic heterocycles. The van der Waals surface area contributed by atoms with Crippen LogP contribution in [0.25, 0.3) is 0 Å². The molecule has 5 nitrogen and oxygen atoms in total. The summed E-state index contributed by atoms with van der Waals surface area (Å²) in [7, 11) is 4.92. The Labute approximate surface area is 153 Å². The zero-order valence-corrected chi connectivity index (χ0v) is 15.2. The summed E-state index contributed by atoms with van der Waals surface area (Å²) in [5, 5.41) is 14.3. The first-order valence-corrected chi connectivity index (χ1v) is 8.73. The van der Waals surface area contributed by atoms with Crippen molar-refractivity contribution in [3.8, 4) is 23.0 Å². The van der Waals surface area contributed by atoms with Crippen molar-refractivity contribution in [2.45, 2.75) is 18.4 Å². The van der Waals surface area contributed by atoms with Crippen molar-refractivity contribution in [1.82, 2.24) is 0 Å². The fraction of sp³-hybridized carbons (Fsp3) is 0.333. The molecule has 1 heterocycles. The minimum absolute atomic E-state index is 0.0568. The van der Waals surface area contributed by atoms with E-state index in [9.17, 15) is 5.11 Å². The van der Waals surface area contributed by atoms with Crippen LogP contribution >= 0.6 is 0 Å². The van der Waals surface area contributed by atoms with E-state index in [1.165, 1.54) is 0 Å². The number of hydrogen-bond donors (Lipinski definition) is 2. The molecule has 0 spiro atoms. The Balaban J connectivity index is 1.87. The summed E-state index contributed by atoms with van der Waals surface area (Å²) < 4.78 is 16.5. The van der Waals surface area contributed by atoms with Crippen LogP contribution in [0, 0.1) is 5.92 Å². The predicted molar refractivity (Wildman–Crippen MR) is 101 cm³/mol. The number of methoxy groups -OCH3 is 3. The van der Waals surface area contributed by atoms with Gasteiger partial charge >= 0.3 is 0 Å². The van der Waals surface area contributed by atoms with Crippen LogP contribution in [0.1, 0.15) is 29.5 Å². The van der Waals surface area contributed by atoms with Gasteiger partial charge in [-0.15, -0.1) is 0 Å². The summed E-state index contributed by atoms with van der Waals surface area (Å²) in [4.78, 5) is 0. The topological polar surface area (TPSA) is 60.0 Å². The van der Waals surface area contributed by atoms with Crippen LogP contribution in [-0.2, 0) is 0 Å². The molecule has 2 aromatic rings. The van der Waals surface area contributed by atoms with Crippen molar-refractivity contribution in [3.05, 3.63) is 53.6 Å². The lowest BCUT2D eigenvalue weighted by Crippen LogP contribution is -2.29. The van der Waals surface area contributed by atoms with E-state index in [1.54, 1.807) is 27.4 Å². The highest BCUT2D eigenvalue weighted by Crippen LogP contribution is 2.56. The summed E-state index contributed by atoms with van der Waals surface area (Å²) in [6.07, 6.45) is 5.37. The SMILES string of the molecule is COc1cccc(C2Nc3c(OC)ccc(OC)c3C3C=CCC32)c1O. The Hall–Kier alpha value is -2.82. The molecule has 2 N–H and O–H groups in total. The van der Waals surface area contributed by atoms with Crippen molar-refractivity contribution in [1.29, 1.82) is 0 Å². The maximum absolute atomic E-state index is 10.7. The molecule has 0 bridgehead atoms. The van der Waals surface area contributed by atoms with Gasteiger partial charge in [0.2, 0.25) is 0 Å². The number of anilines is 1. The maximum atomic E-state index is 10.7. The van der Waals surface area contributed by atoms with E-state index in [1.807, 2.05) is 24.3 Å². The average Bonchev–Trinajstić information content (AvgIpc) is 3.16. The van der Waals surface area contributed by atoms with Crippen molar-refractivity contribution < 1.29 is 19.3 Å². The number of hydrogen-bond acceptors (Lipinski definition) is 5. The third-order valence-corrected chi connectivity index (χ3v) is 5.47. The third-order valence-electron chi connectivity index (χ3n) is 5.47. The quantitative estimate of drug-likeness (QED) is 0.805. The van der Waals surface area contributed by atoms with Crippen molar-refractivity contribution in [2.24, 2.45) is 5.92 Å². The molecule has 0 saturated carbocycles. The van der Waals surface area contributed by atoms with E-state index in [-0.39, 0.29) is 23.6 Å². The van der Waals surface area contributed by atoms with Gasteiger partial charge in [-0.2, -0.15) is 0 Å². The standard InChI is InChI=1S/C21H23NO4/c1-24-15-10-11-16(25-2)20-18(15)12-6-4-7-13(12)19(22-20)14-8-5-9-17(26-3)21(14)23/h4-6,8-13,19,22-23H,7H2,1-3H3. The number of nitrogens with one attached hydrogen (secondary N) is 1. The molecular weight excluding hydrogens is 330 g/mol. The largest absolute Gasteiger partial charge is 0.504 e. The fourth-order valence-corrected chi connectivity index (χ4v) is 4.26. The number of phenolic OH excluding ortho intramolecular Hbond substituents is 1. The maximum Gasteiger partial charge on any atom is 0.163 e. The molecule has 26 heavy (non-hydrogen) atoms. The highest BCUT2D eigenvalue weighted by Gasteiger charge is 2.42. The number of aromatic hydroxyl groups is 1. The van der Waals surface area contributed by atoms with Gasteiger partial charge in [-0.25, -0.2) is 0 Å². The number of rotatable bonds is 4. The molecule has 0 fully saturated rings. The molecule has 0 aromatic heterocycles. The molecule has 3 unspecified atom stereocenters. The molecule has 2 aliphatic rings. The van der Waals surface area contributed by atoms with Gasteiger partial charge in [-0.05, 0) is 30.5 Å². The van der Waals surface area contributed by atoms with Gasteiger partial charge in [-0.3, -0.25) is 0 Å². The highest BCUT2D eigenvalue weighted by atomic mass is 16.5. The predicted octanol–water partition coefficient (Wildman–Crippen LogP) is 4.24. The van der Waals surface area contributed by atoms with Gasteiger partial charge in [0.1, 0.15) is 11.5 Å². The van der Waals surface area contributed by atoms with Crippen LogP contribution in [0.4, 0.5) is 5.69 Å². The first-order chi connectivity index (χ1) is 12.7. The van der Waals surface area contributed by atoms with E-state index >= 15 is 0 Å². The number of benzene rings is 2. The van der Waals surface area contributed by atoms with E-state index < -0.39 is 0 Å². The summed E-state index contributed by atoms with van der Waals surface area (Å²) in [5.41, 5.74) is 2.87. The van der Waals surface area contributed by atoms with Gasteiger partial charge in [0.25, 0.3) is 0 Å². The molecule has 0 radical (unpaired) electrons. The normalized spacial score (nSPS) is 23.0. The van der Waals surface area contributed by atoms with Crippen molar-refractivity contribution >= 4 is 5.69 Å². The molecule has 0 saturated heterocycles. The smallest absolute Gasteiger partial charge is 0.163 e. The first kappa shape index (κ1) is 16.6. The van der Waals surface area contributed by atoms with Gasteiger partial charge in [0.05, 0.1) is 33.1 Å². The summed E-state index contributed by atoms with van der Waals surface area (Å²) in [6.45, 7) is 0. The minimum Gasteiger partial charge on any atom is -0.504 e. The van der Waals surface area contributed by atoms with Crippen LogP contribution in [0.15, 0.2) is 42.5 Å². The molecule has 2 aromatic carbocycles. The summed E-state index contributed by atoms with van der Waals surface area (Å²) in [6, 6.07) is 9.42. The summed E-state index contributed by atoms with van der Waals surface area (Å²) >= 11 is 0. The van der Waals surface area contributed by atoms with Gasteiger partial charge in [0, 0.05) is 17.0 Å². The first-order valence-electron chi connectivity index (χ1n) is 8.73. The monoisotopic (exact) mass is 353 g/mol. The number of phenols is 1. The van der Waals surface area contributed by atoms with E-state index in [4.69, 9.17) is 14.2 Å². The minimum atomic E-state index is -0.0568. The number of fused-ring (bicyclic) bond motifs is 3. The van der Waals surface area contributed by atoms with Gasteiger partial charge in [-0.1, -0.05) is 24.3 Å². The second-order valence-corrected chi connectivity index (χ2v) is 6.63.